The van der Waals surface area contributed by atoms with E-state index in [1.54, 1.807) is 0 Å². The van der Waals surface area contributed by atoms with Crippen LogP contribution in [0.15, 0.2) is 12.4 Å². The number of nitrogens with zero attached hydrogens (tertiary/aromatic N) is 1. The van der Waals surface area contributed by atoms with Gasteiger partial charge in [-0.1, -0.05) is 13.8 Å². The summed E-state index contributed by atoms with van der Waals surface area (Å²) in [5.74, 6) is 0. The van der Waals surface area contributed by atoms with Crippen LogP contribution in [0.1, 0.15) is 25.0 Å². The predicted molar refractivity (Wildman–Crippen MR) is 52.5 cm³/mol. The molecule has 0 fully saturated rings. The molecule has 2 heterocycles. The Morgan fingerprint density at radius 1 is 1.33 bits per heavy atom. The number of anilines is 1. The number of aryl methyl sites for hydroxylation is 1. The minimum absolute atomic E-state index is 1.07. The Morgan fingerprint density at radius 3 is 2.75 bits per heavy atom. The third-order valence-electron chi connectivity index (χ3n) is 1.96. The number of hydrogen-bond acceptors (Lipinski definition) is 2. The maximum absolute atomic E-state index is 4.09. The summed E-state index contributed by atoms with van der Waals surface area (Å²) in [5, 5.41) is 3.28. The Bertz CT molecular complexity index is 256. The molecule has 1 aromatic heterocycles. The fourth-order valence-electron chi connectivity index (χ4n) is 1.40. The van der Waals surface area contributed by atoms with Crippen molar-refractivity contribution >= 4 is 5.69 Å². The molecule has 0 aromatic carbocycles. The third-order valence-corrected chi connectivity index (χ3v) is 1.96. The van der Waals surface area contributed by atoms with Crippen LogP contribution in [0.3, 0.4) is 0 Å². The molecule has 66 valence electrons. The number of fused-ring (bicyclic) bond motifs is 1. The van der Waals surface area contributed by atoms with E-state index in [0.717, 1.165) is 13.0 Å². The standard InChI is InChI=1S/C8H10N2.C2H6/c1-6-4-9-5-8-7(6)2-3-10-8;1-2/h4-5,10H,2-3H2,1H3;1-2H3. The Labute approximate surface area is 74.0 Å². The lowest BCUT2D eigenvalue weighted by molar-refractivity contribution is 1.09. The molecule has 0 atom stereocenters. The van der Waals surface area contributed by atoms with E-state index < -0.39 is 0 Å². The van der Waals surface area contributed by atoms with Crippen LogP contribution in [0.25, 0.3) is 0 Å². The maximum Gasteiger partial charge on any atom is 0.0562 e. The zero-order valence-electron chi connectivity index (χ0n) is 8.02. The van der Waals surface area contributed by atoms with Gasteiger partial charge in [0.15, 0.2) is 0 Å². The molecule has 0 spiro atoms. The highest BCUT2D eigenvalue weighted by Gasteiger charge is 2.10. The molecule has 0 bridgehead atoms. The SMILES string of the molecule is CC.Cc1cncc2c1CCN2. The Kier molecular flexibility index (Phi) is 3.09. The summed E-state index contributed by atoms with van der Waals surface area (Å²) >= 11 is 0. The fraction of sp³-hybridized carbons (Fsp3) is 0.500. The molecule has 0 unspecified atom stereocenters. The van der Waals surface area contributed by atoms with Gasteiger partial charge in [0, 0.05) is 12.7 Å². The zero-order valence-corrected chi connectivity index (χ0v) is 8.02. The molecular formula is C10H16N2. The van der Waals surface area contributed by atoms with Crippen molar-refractivity contribution in [2.45, 2.75) is 27.2 Å². The number of rotatable bonds is 0. The third kappa shape index (κ3) is 1.58. The Morgan fingerprint density at radius 2 is 2.08 bits per heavy atom. The van der Waals surface area contributed by atoms with Crippen molar-refractivity contribution in [2.75, 3.05) is 11.9 Å². The molecule has 1 aromatic rings. The second-order valence-corrected chi connectivity index (χ2v) is 2.66. The first kappa shape index (κ1) is 9.04. The summed E-state index contributed by atoms with van der Waals surface area (Å²) < 4.78 is 0. The molecule has 0 aliphatic carbocycles. The lowest BCUT2D eigenvalue weighted by Gasteiger charge is -1.99. The lowest BCUT2D eigenvalue weighted by Crippen LogP contribution is -1.90. The highest BCUT2D eigenvalue weighted by molar-refractivity contribution is 5.56. The van der Waals surface area contributed by atoms with Crippen LogP contribution in [0.5, 0.6) is 0 Å². The van der Waals surface area contributed by atoms with Gasteiger partial charge < -0.3 is 5.32 Å². The topological polar surface area (TPSA) is 24.9 Å². The van der Waals surface area contributed by atoms with E-state index in [0.29, 0.717) is 0 Å². The van der Waals surface area contributed by atoms with E-state index in [9.17, 15) is 0 Å². The van der Waals surface area contributed by atoms with Crippen LogP contribution in [0.2, 0.25) is 0 Å². The van der Waals surface area contributed by atoms with Gasteiger partial charge >= 0.3 is 0 Å². The highest BCUT2D eigenvalue weighted by Crippen LogP contribution is 2.22. The molecule has 0 radical (unpaired) electrons. The first-order valence-electron chi connectivity index (χ1n) is 4.55. The van der Waals surface area contributed by atoms with E-state index in [-0.39, 0.29) is 0 Å². The van der Waals surface area contributed by atoms with Gasteiger partial charge in [0.2, 0.25) is 0 Å². The number of pyridine rings is 1. The fourth-order valence-corrected chi connectivity index (χ4v) is 1.40. The predicted octanol–water partition coefficient (Wildman–Crippen LogP) is 2.38. The maximum atomic E-state index is 4.09. The monoisotopic (exact) mass is 164 g/mol. The van der Waals surface area contributed by atoms with Crippen LogP contribution < -0.4 is 5.32 Å². The smallest absolute Gasteiger partial charge is 0.0562 e. The first-order valence-corrected chi connectivity index (χ1v) is 4.55. The molecule has 0 saturated heterocycles. The molecule has 2 rings (SSSR count). The van der Waals surface area contributed by atoms with Gasteiger partial charge in [-0.3, -0.25) is 4.98 Å². The summed E-state index contributed by atoms with van der Waals surface area (Å²) in [4.78, 5) is 4.09. The van der Waals surface area contributed by atoms with Gasteiger partial charge in [0.1, 0.15) is 0 Å². The molecule has 0 saturated carbocycles. The highest BCUT2D eigenvalue weighted by atomic mass is 14.9. The van der Waals surface area contributed by atoms with Crippen LogP contribution in [-0.4, -0.2) is 11.5 Å². The van der Waals surface area contributed by atoms with Gasteiger partial charge in [0.25, 0.3) is 0 Å². The van der Waals surface area contributed by atoms with Crippen molar-refractivity contribution in [1.29, 1.82) is 0 Å². The minimum atomic E-state index is 1.07. The molecule has 1 aliphatic heterocycles. The number of aromatic nitrogens is 1. The van der Waals surface area contributed by atoms with Crippen molar-refractivity contribution in [3.8, 4) is 0 Å². The molecule has 0 amide bonds. The second kappa shape index (κ2) is 4.10. The van der Waals surface area contributed by atoms with Gasteiger partial charge in [0.05, 0.1) is 11.9 Å². The second-order valence-electron chi connectivity index (χ2n) is 2.66. The molecular weight excluding hydrogens is 148 g/mol. The van der Waals surface area contributed by atoms with Gasteiger partial charge in [-0.25, -0.2) is 0 Å². The van der Waals surface area contributed by atoms with E-state index in [2.05, 4.69) is 17.2 Å². The van der Waals surface area contributed by atoms with Gasteiger partial charge in [-0.15, -0.1) is 0 Å². The normalized spacial score (nSPS) is 12.6. The van der Waals surface area contributed by atoms with Gasteiger partial charge in [-0.2, -0.15) is 0 Å². The summed E-state index contributed by atoms with van der Waals surface area (Å²) in [6.45, 7) is 7.18. The quantitative estimate of drug-likeness (QED) is 0.636. The van der Waals surface area contributed by atoms with Crippen LogP contribution >= 0.6 is 0 Å². The molecule has 12 heavy (non-hydrogen) atoms. The average Bonchev–Trinajstić information content (AvgIpc) is 2.57. The molecule has 1 N–H and O–H groups in total. The molecule has 1 aliphatic rings. The van der Waals surface area contributed by atoms with E-state index in [4.69, 9.17) is 0 Å². The average molecular weight is 164 g/mol. The van der Waals surface area contributed by atoms with Crippen molar-refractivity contribution in [1.82, 2.24) is 4.98 Å². The lowest BCUT2D eigenvalue weighted by atomic mass is 10.1. The van der Waals surface area contributed by atoms with Crippen molar-refractivity contribution in [3.05, 3.63) is 23.5 Å². The Hall–Kier alpha value is -1.05. The largest absolute Gasteiger partial charge is 0.383 e. The zero-order chi connectivity index (χ0) is 8.97. The summed E-state index contributed by atoms with van der Waals surface area (Å²) in [6, 6.07) is 0. The van der Waals surface area contributed by atoms with E-state index in [1.807, 2.05) is 26.2 Å². The number of nitrogens with one attached hydrogen (secondary N) is 1. The van der Waals surface area contributed by atoms with Crippen LogP contribution in [-0.2, 0) is 6.42 Å². The van der Waals surface area contributed by atoms with Crippen LogP contribution in [0.4, 0.5) is 5.69 Å². The summed E-state index contributed by atoms with van der Waals surface area (Å²) in [7, 11) is 0. The summed E-state index contributed by atoms with van der Waals surface area (Å²) in [5.41, 5.74) is 3.97. The van der Waals surface area contributed by atoms with E-state index in [1.165, 1.54) is 16.8 Å². The van der Waals surface area contributed by atoms with Crippen molar-refractivity contribution < 1.29 is 0 Å². The number of hydrogen-bond donors (Lipinski definition) is 1. The Balaban J connectivity index is 0.000000336. The minimum Gasteiger partial charge on any atom is -0.383 e. The van der Waals surface area contributed by atoms with Crippen molar-refractivity contribution in [3.63, 3.8) is 0 Å². The van der Waals surface area contributed by atoms with E-state index >= 15 is 0 Å². The summed E-state index contributed by atoms with van der Waals surface area (Å²) in [6.07, 6.45) is 4.98. The van der Waals surface area contributed by atoms with Crippen LogP contribution in [0, 0.1) is 6.92 Å². The first-order chi connectivity index (χ1) is 5.88. The van der Waals surface area contributed by atoms with Crippen molar-refractivity contribution in [2.24, 2.45) is 0 Å². The molecule has 2 nitrogen and oxygen atoms in total. The molecule has 2 heteroatoms. The van der Waals surface area contributed by atoms with Gasteiger partial charge in [-0.05, 0) is 24.5 Å².